The highest BCUT2D eigenvalue weighted by atomic mass is 79.9. The molecule has 1 N–H and O–H groups in total. The summed E-state index contributed by atoms with van der Waals surface area (Å²) in [5.74, 6) is 0. The number of amides is 1. The van der Waals surface area contributed by atoms with E-state index >= 15 is 0 Å². The lowest BCUT2D eigenvalue weighted by molar-refractivity contribution is -0.105. The normalized spacial score (nSPS) is 9.50. The lowest BCUT2D eigenvalue weighted by Gasteiger charge is -2.03. The molecule has 0 aromatic heterocycles. The summed E-state index contributed by atoms with van der Waals surface area (Å²) in [6.45, 7) is 2.07. The predicted molar refractivity (Wildman–Crippen MR) is 53.2 cm³/mol. The summed E-state index contributed by atoms with van der Waals surface area (Å²) >= 11 is 3.43. The Morgan fingerprint density at radius 2 is 2.33 bits per heavy atom. The van der Waals surface area contributed by atoms with E-state index in [4.69, 9.17) is 0 Å². The van der Waals surface area contributed by atoms with Gasteiger partial charge >= 0.3 is 0 Å². The summed E-state index contributed by atoms with van der Waals surface area (Å²) in [6, 6.07) is 5.75. The molecule has 0 bridgehead atoms. The molecular weight excluding hydrogens is 218 g/mol. The van der Waals surface area contributed by atoms with E-state index in [1.165, 1.54) is 5.56 Å². The minimum atomic E-state index is 0.683. The Hall–Kier alpha value is -0.830. The molecule has 1 aromatic rings. The molecule has 0 saturated heterocycles. The second-order valence-electron chi connectivity index (χ2n) is 2.42. The summed E-state index contributed by atoms with van der Waals surface area (Å²) in [5.41, 5.74) is 2.03. The van der Waals surface area contributed by atoms with Crippen molar-refractivity contribution in [2.24, 2.45) is 0 Å². The van der Waals surface area contributed by atoms with Crippen LogP contribution >= 0.6 is 15.9 Å². The number of carbonyl (C=O) groups is 1. The van der Waals surface area contributed by atoms with Gasteiger partial charge in [-0.3, -0.25) is 4.79 Å². The van der Waals surface area contributed by atoms with Gasteiger partial charge in [0.15, 0.2) is 0 Å². The molecule has 12 heavy (non-hydrogen) atoms. The summed E-state index contributed by atoms with van der Waals surface area (Å²) in [5, 5.41) is 2.61. The largest absolute Gasteiger partial charge is 0.329 e. The fraction of sp³-hybridized carbons (Fsp3) is 0.222. The van der Waals surface area contributed by atoms with Crippen molar-refractivity contribution >= 4 is 28.0 Å². The first-order chi connectivity index (χ1) is 5.77. The Balaban J connectivity index is 2.96. The van der Waals surface area contributed by atoms with Crippen LogP contribution in [0.1, 0.15) is 12.5 Å². The van der Waals surface area contributed by atoms with E-state index in [9.17, 15) is 4.79 Å². The highest BCUT2D eigenvalue weighted by Crippen LogP contribution is 2.20. The summed E-state index contributed by atoms with van der Waals surface area (Å²) in [6.07, 6.45) is 1.64. The van der Waals surface area contributed by atoms with Gasteiger partial charge in [-0.05, 0) is 30.2 Å². The van der Waals surface area contributed by atoms with Crippen LogP contribution in [0.2, 0.25) is 0 Å². The van der Waals surface area contributed by atoms with Gasteiger partial charge in [-0.25, -0.2) is 0 Å². The average Bonchev–Trinajstić information content (AvgIpc) is 2.09. The molecule has 0 heterocycles. The van der Waals surface area contributed by atoms with Crippen molar-refractivity contribution in [3.63, 3.8) is 0 Å². The Morgan fingerprint density at radius 3 is 2.92 bits per heavy atom. The van der Waals surface area contributed by atoms with Gasteiger partial charge in [-0.15, -0.1) is 0 Å². The second kappa shape index (κ2) is 4.26. The van der Waals surface area contributed by atoms with Gasteiger partial charge in [-0.1, -0.05) is 22.9 Å². The second-order valence-corrected chi connectivity index (χ2v) is 3.28. The van der Waals surface area contributed by atoms with Crippen LogP contribution in [0.3, 0.4) is 0 Å². The lowest BCUT2D eigenvalue weighted by Crippen LogP contribution is -1.94. The number of nitrogens with one attached hydrogen (secondary N) is 1. The maximum Gasteiger partial charge on any atom is 0.211 e. The highest BCUT2D eigenvalue weighted by molar-refractivity contribution is 9.10. The molecule has 0 atom stereocenters. The van der Waals surface area contributed by atoms with Crippen LogP contribution in [0.5, 0.6) is 0 Å². The quantitative estimate of drug-likeness (QED) is 0.791. The van der Waals surface area contributed by atoms with E-state index < -0.39 is 0 Å². The first kappa shape index (κ1) is 9.26. The van der Waals surface area contributed by atoms with E-state index in [2.05, 4.69) is 28.2 Å². The maximum absolute atomic E-state index is 10.1. The molecule has 3 heteroatoms. The Bertz CT molecular complexity index is 286. The standard InChI is InChI=1S/C9H10BrNO/c1-2-7-5-8(11-6-12)3-4-9(7)10/h3-6H,2H2,1H3,(H,11,12). The minimum absolute atomic E-state index is 0.683. The third kappa shape index (κ3) is 2.08. The van der Waals surface area contributed by atoms with Crippen LogP contribution in [0.25, 0.3) is 0 Å². The lowest BCUT2D eigenvalue weighted by atomic mass is 10.1. The molecule has 1 aromatic carbocycles. The van der Waals surface area contributed by atoms with Crippen LogP contribution in [0, 0.1) is 0 Å². The minimum Gasteiger partial charge on any atom is -0.329 e. The van der Waals surface area contributed by atoms with E-state index in [0.717, 1.165) is 16.6 Å². The van der Waals surface area contributed by atoms with E-state index in [1.54, 1.807) is 0 Å². The number of rotatable bonds is 3. The number of hydrogen-bond acceptors (Lipinski definition) is 1. The number of hydrogen-bond donors (Lipinski definition) is 1. The molecular formula is C9H10BrNO. The van der Waals surface area contributed by atoms with Gasteiger partial charge in [0.1, 0.15) is 0 Å². The fourth-order valence-electron chi connectivity index (χ4n) is 1.00. The van der Waals surface area contributed by atoms with Crippen molar-refractivity contribution in [1.82, 2.24) is 0 Å². The Labute approximate surface area is 80.1 Å². The maximum atomic E-state index is 10.1. The van der Waals surface area contributed by atoms with Crippen LogP contribution in [-0.2, 0) is 11.2 Å². The molecule has 2 nitrogen and oxygen atoms in total. The third-order valence-corrected chi connectivity index (χ3v) is 2.43. The number of benzene rings is 1. The molecule has 0 spiro atoms. The van der Waals surface area contributed by atoms with Crippen LogP contribution in [0.15, 0.2) is 22.7 Å². The van der Waals surface area contributed by atoms with E-state index in [0.29, 0.717) is 6.41 Å². The molecule has 0 aliphatic heterocycles. The van der Waals surface area contributed by atoms with Crippen molar-refractivity contribution in [2.75, 3.05) is 5.32 Å². The van der Waals surface area contributed by atoms with E-state index in [-0.39, 0.29) is 0 Å². The molecule has 1 rings (SSSR count). The first-order valence-electron chi connectivity index (χ1n) is 3.76. The predicted octanol–water partition coefficient (Wildman–Crippen LogP) is 2.58. The van der Waals surface area contributed by atoms with Crippen molar-refractivity contribution in [1.29, 1.82) is 0 Å². The zero-order valence-electron chi connectivity index (χ0n) is 6.80. The summed E-state index contributed by atoms with van der Waals surface area (Å²) in [4.78, 5) is 10.1. The van der Waals surface area contributed by atoms with Crippen molar-refractivity contribution in [3.8, 4) is 0 Å². The van der Waals surface area contributed by atoms with Crippen LogP contribution < -0.4 is 5.32 Å². The molecule has 0 aliphatic carbocycles. The monoisotopic (exact) mass is 227 g/mol. The van der Waals surface area contributed by atoms with Gasteiger partial charge in [0.2, 0.25) is 6.41 Å². The summed E-state index contributed by atoms with van der Waals surface area (Å²) < 4.78 is 1.08. The topological polar surface area (TPSA) is 29.1 Å². The van der Waals surface area contributed by atoms with Crippen molar-refractivity contribution in [2.45, 2.75) is 13.3 Å². The van der Waals surface area contributed by atoms with Crippen LogP contribution in [-0.4, -0.2) is 6.41 Å². The molecule has 64 valence electrons. The zero-order valence-corrected chi connectivity index (χ0v) is 8.39. The zero-order chi connectivity index (χ0) is 8.97. The smallest absolute Gasteiger partial charge is 0.211 e. The van der Waals surface area contributed by atoms with Gasteiger partial charge in [-0.2, -0.15) is 0 Å². The van der Waals surface area contributed by atoms with E-state index in [1.807, 2.05) is 18.2 Å². The molecule has 0 aliphatic rings. The van der Waals surface area contributed by atoms with Gasteiger partial charge in [0.25, 0.3) is 0 Å². The summed E-state index contributed by atoms with van der Waals surface area (Å²) in [7, 11) is 0. The van der Waals surface area contributed by atoms with Crippen molar-refractivity contribution in [3.05, 3.63) is 28.2 Å². The molecule has 0 unspecified atom stereocenters. The number of carbonyl (C=O) groups excluding carboxylic acids is 1. The fourth-order valence-corrected chi connectivity index (χ4v) is 1.53. The molecule has 0 fully saturated rings. The Morgan fingerprint density at radius 1 is 1.58 bits per heavy atom. The molecule has 1 amide bonds. The SMILES string of the molecule is CCc1cc(NC=O)ccc1Br. The highest BCUT2D eigenvalue weighted by Gasteiger charge is 1.98. The number of aryl methyl sites for hydroxylation is 1. The van der Waals surface area contributed by atoms with Gasteiger partial charge in [0, 0.05) is 10.2 Å². The third-order valence-electron chi connectivity index (χ3n) is 1.65. The van der Waals surface area contributed by atoms with Crippen LogP contribution in [0.4, 0.5) is 5.69 Å². The number of halogens is 1. The van der Waals surface area contributed by atoms with Crippen molar-refractivity contribution < 1.29 is 4.79 Å². The first-order valence-corrected chi connectivity index (χ1v) is 4.56. The Kier molecular flexibility index (Phi) is 3.29. The average molecular weight is 228 g/mol. The number of anilines is 1. The molecule has 0 radical (unpaired) electrons. The van der Waals surface area contributed by atoms with Gasteiger partial charge < -0.3 is 5.32 Å². The van der Waals surface area contributed by atoms with Gasteiger partial charge in [0.05, 0.1) is 0 Å². The molecule has 0 saturated carbocycles.